The predicted molar refractivity (Wildman–Crippen MR) is 157 cm³/mol. The number of sulfonamides is 1. The summed E-state index contributed by atoms with van der Waals surface area (Å²) in [4.78, 5) is 28.4. The lowest BCUT2D eigenvalue weighted by Crippen LogP contribution is -2.50. The van der Waals surface area contributed by atoms with Crippen LogP contribution in [0, 0.1) is 0 Å². The number of rotatable bonds is 14. The minimum absolute atomic E-state index is 0.0772. The van der Waals surface area contributed by atoms with Gasteiger partial charge in [-0.05, 0) is 62.9 Å². The fraction of sp³-hybridized carbons (Fsp3) is 0.533. The third-order valence-electron chi connectivity index (χ3n) is 7.19. The minimum atomic E-state index is -3.63. The highest BCUT2D eigenvalue weighted by atomic mass is 32.2. The zero-order valence-corrected chi connectivity index (χ0v) is 24.9. The van der Waals surface area contributed by atoms with Gasteiger partial charge in [0.25, 0.3) is 0 Å². The smallest absolute Gasteiger partial charge is 0.242 e. The Labute approximate surface area is 238 Å². The average molecular weight is 574 g/mol. The highest BCUT2D eigenvalue weighted by molar-refractivity contribution is 7.92. The van der Waals surface area contributed by atoms with Crippen molar-refractivity contribution in [3.8, 4) is 11.5 Å². The zero-order chi connectivity index (χ0) is 29.1. The molecule has 9 nitrogen and oxygen atoms in total. The van der Waals surface area contributed by atoms with Gasteiger partial charge < -0.3 is 19.7 Å². The molecule has 0 saturated heterocycles. The SMILES string of the molecule is CCOc1ccccc1N(CCCC(=O)N(Cc1cccc(OC)c1)[C@@H](C)C(=O)NC1CCCCC1)S(C)(=O)=O. The average Bonchev–Trinajstić information content (AvgIpc) is 2.94. The van der Waals surface area contributed by atoms with E-state index in [-0.39, 0.29) is 43.8 Å². The highest BCUT2D eigenvalue weighted by Crippen LogP contribution is 2.30. The molecular formula is C30H43N3O6S. The molecule has 1 aliphatic rings. The summed E-state index contributed by atoms with van der Waals surface area (Å²) in [6.07, 6.45) is 6.77. The third kappa shape index (κ3) is 8.87. The fourth-order valence-corrected chi connectivity index (χ4v) is 6.01. The highest BCUT2D eigenvalue weighted by Gasteiger charge is 2.29. The molecule has 2 aromatic rings. The molecule has 10 heteroatoms. The van der Waals surface area contributed by atoms with Crippen LogP contribution in [0.5, 0.6) is 11.5 Å². The Hall–Kier alpha value is -3.27. The van der Waals surface area contributed by atoms with Crippen molar-refractivity contribution in [2.45, 2.75) is 77.4 Å². The number of amides is 2. The Morgan fingerprint density at radius 1 is 1.07 bits per heavy atom. The van der Waals surface area contributed by atoms with Crippen LogP contribution in [0.2, 0.25) is 0 Å². The largest absolute Gasteiger partial charge is 0.497 e. The maximum Gasteiger partial charge on any atom is 0.242 e. The molecule has 1 fully saturated rings. The van der Waals surface area contributed by atoms with E-state index in [1.807, 2.05) is 31.2 Å². The Kier molecular flexibility index (Phi) is 11.7. The van der Waals surface area contributed by atoms with E-state index in [1.165, 1.54) is 10.7 Å². The lowest BCUT2D eigenvalue weighted by Gasteiger charge is -2.31. The summed E-state index contributed by atoms with van der Waals surface area (Å²) in [5, 5.41) is 3.14. The molecule has 220 valence electrons. The lowest BCUT2D eigenvalue weighted by atomic mass is 9.95. The second-order valence-corrected chi connectivity index (χ2v) is 12.1. The topological polar surface area (TPSA) is 105 Å². The van der Waals surface area contributed by atoms with E-state index < -0.39 is 16.1 Å². The van der Waals surface area contributed by atoms with E-state index in [1.54, 1.807) is 43.2 Å². The van der Waals surface area contributed by atoms with Gasteiger partial charge in [0.2, 0.25) is 21.8 Å². The van der Waals surface area contributed by atoms with Crippen molar-refractivity contribution < 1.29 is 27.5 Å². The summed E-state index contributed by atoms with van der Waals surface area (Å²) >= 11 is 0. The van der Waals surface area contributed by atoms with E-state index in [4.69, 9.17) is 9.47 Å². The summed E-state index contributed by atoms with van der Waals surface area (Å²) in [6.45, 7) is 4.32. The second kappa shape index (κ2) is 14.9. The van der Waals surface area contributed by atoms with Crippen molar-refractivity contribution in [3.05, 3.63) is 54.1 Å². The summed E-state index contributed by atoms with van der Waals surface area (Å²) < 4.78 is 37.7. The number of carbonyl (C=O) groups is 2. The van der Waals surface area contributed by atoms with Gasteiger partial charge in [0.15, 0.2) is 0 Å². The number of anilines is 1. The Bertz CT molecular complexity index is 1230. The molecule has 0 unspecified atom stereocenters. The van der Waals surface area contributed by atoms with Crippen LogP contribution in [-0.2, 0) is 26.2 Å². The summed E-state index contributed by atoms with van der Waals surface area (Å²) in [7, 11) is -2.05. The van der Waals surface area contributed by atoms with Crippen LogP contribution < -0.4 is 19.1 Å². The van der Waals surface area contributed by atoms with Crippen molar-refractivity contribution in [1.29, 1.82) is 0 Å². The molecule has 3 rings (SSSR count). The Morgan fingerprint density at radius 2 is 1.80 bits per heavy atom. The summed E-state index contributed by atoms with van der Waals surface area (Å²) in [6, 6.07) is 13.8. The number of nitrogens with zero attached hydrogens (tertiary/aromatic N) is 2. The number of benzene rings is 2. The number of methoxy groups -OCH3 is 1. The zero-order valence-electron chi connectivity index (χ0n) is 24.1. The second-order valence-electron chi connectivity index (χ2n) is 10.2. The number of hydrogen-bond acceptors (Lipinski definition) is 6. The van der Waals surface area contributed by atoms with Crippen LogP contribution in [0.25, 0.3) is 0 Å². The standard InChI is InChI=1S/C30H43N3O6S/c1-5-39-28-18-10-9-17-27(28)33(40(4,36)37)20-12-19-29(34)32(22-24-13-11-16-26(21-24)38-3)23(2)30(35)31-25-14-7-6-8-15-25/h9-11,13,16-18,21,23,25H,5-8,12,14-15,19-20,22H2,1-4H3,(H,31,35)/t23-/m0/s1. The van der Waals surface area contributed by atoms with Crippen LogP contribution in [0.4, 0.5) is 5.69 Å². The number of nitrogens with one attached hydrogen (secondary N) is 1. The Balaban J connectivity index is 1.75. The van der Waals surface area contributed by atoms with Crippen molar-refractivity contribution in [1.82, 2.24) is 10.2 Å². The van der Waals surface area contributed by atoms with Gasteiger partial charge in [-0.2, -0.15) is 0 Å². The van der Waals surface area contributed by atoms with Crippen molar-refractivity contribution >= 4 is 27.5 Å². The number of hydrogen-bond donors (Lipinski definition) is 1. The van der Waals surface area contributed by atoms with Crippen LogP contribution >= 0.6 is 0 Å². The quantitative estimate of drug-likeness (QED) is 0.357. The van der Waals surface area contributed by atoms with Gasteiger partial charge in [0.1, 0.15) is 17.5 Å². The van der Waals surface area contributed by atoms with Crippen molar-refractivity contribution in [2.75, 3.05) is 30.8 Å². The summed E-state index contributed by atoms with van der Waals surface area (Å²) in [5.74, 6) is 0.739. The first-order valence-electron chi connectivity index (χ1n) is 14.1. The van der Waals surface area contributed by atoms with Crippen molar-refractivity contribution in [3.63, 3.8) is 0 Å². The normalized spacial score (nSPS) is 14.7. The molecule has 0 radical (unpaired) electrons. The van der Waals surface area contributed by atoms with Gasteiger partial charge in [-0.25, -0.2) is 8.42 Å². The minimum Gasteiger partial charge on any atom is -0.497 e. The van der Waals surface area contributed by atoms with Gasteiger partial charge in [0, 0.05) is 25.6 Å². The van der Waals surface area contributed by atoms with E-state index in [9.17, 15) is 18.0 Å². The molecule has 0 aromatic heterocycles. The fourth-order valence-electron chi connectivity index (χ4n) is 5.04. The van der Waals surface area contributed by atoms with Crippen LogP contribution in [0.3, 0.4) is 0 Å². The van der Waals surface area contributed by atoms with Gasteiger partial charge in [0.05, 0.1) is 25.7 Å². The lowest BCUT2D eigenvalue weighted by molar-refractivity contribution is -0.141. The number of para-hydroxylation sites is 2. The molecule has 2 amide bonds. The maximum atomic E-state index is 13.6. The molecule has 0 heterocycles. The molecule has 2 aromatic carbocycles. The van der Waals surface area contributed by atoms with E-state index >= 15 is 0 Å². The molecule has 0 spiro atoms. The van der Waals surface area contributed by atoms with Crippen LogP contribution in [-0.4, -0.2) is 63.7 Å². The number of ether oxygens (including phenoxy) is 2. The molecule has 1 atom stereocenters. The third-order valence-corrected chi connectivity index (χ3v) is 8.37. The molecular weight excluding hydrogens is 530 g/mol. The van der Waals surface area contributed by atoms with E-state index in [2.05, 4.69) is 5.32 Å². The molecule has 0 bridgehead atoms. The van der Waals surface area contributed by atoms with E-state index in [0.29, 0.717) is 23.8 Å². The van der Waals surface area contributed by atoms with Gasteiger partial charge in [-0.1, -0.05) is 43.5 Å². The van der Waals surface area contributed by atoms with E-state index in [0.717, 1.165) is 37.5 Å². The molecule has 0 aliphatic heterocycles. The monoisotopic (exact) mass is 573 g/mol. The first kappa shape index (κ1) is 31.3. The first-order chi connectivity index (χ1) is 19.1. The Morgan fingerprint density at radius 3 is 2.48 bits per heavy atom. The molecule has 1 N–H and O–H groups in total. The van der Waals surface area contributed by atoms with Gasteiger partial charge >= 0.3 is 0 Å². The maximum absolute atomic E-state index is 13.6. The first-order valence-corrected chi connectivity index (χ1v) is 15.9. The molecule has 1 aliphatic carbocycles. The molecule has 40 heavy (non-hydrogen) atoms. The number of carbonyl (C=O) groups excluding carboxylic acids is 2. The van der Waals surface area contributed by atoms with Crippen LogP contribution in [0.15, 0.2) is 48.5 Å². The van der Waals surface area contributed by atoms with Gasteiger partial charge in [-0.3, -0.25) is 13.9 Å². The van der Waals surface area contributed by atoms with Crippen LogP contribution in [0.1, 0.15) is 64.4 Å². The molecule has 1 saturated carbocycles. The van der Waals surface area contributed by atoms with Gasteiger partial charge in [-0.15, -0.1) is 0 Å². The van der Waals surface area contributed by atoms with Crippen molar-refractivity contribution in [2.24, 2.45) is 0 Å². The predicted octanol–water partition coefficient (Wildman–Crippen LogP) is 4.51. The summed E-state index contributed by atoms with van der Waals surface area (Å²) in [5.41, 5.74) is 1.28.